The maximum absolute atomic E-state index is 9.60. The van der Waals surface area contributed by atoms with Gasteiger partial charge in [-0.3, -0.25) is 4.79 Å². The smallest absolute Gasteiger partial charge is 0.303 e. The first-order valence-corrected chi connectivity index (χ1v) is 1.99. The van der Waals surface area contributed by atoms with Gasteiger partial charge in [-0.1, -0.05) is 6.92 Å². The Kier molecular flexibility index (Phi) is 11.1. The molecule has 0 aromatic carbocycles. The van der Waals surface area contributed by atoms with Crippen molar-refractivity contribution in [3.8, 4) is 0 Å². The van der Waals surface area contributed by atoms with Gasteiger partial charge in [-0.05, 0) is 6.42 Å². The Morgan fingerprint density at radius 1 is 1.71 bits per heavy atom. The molecule has 0 saturated heterocycles. The van der Waals surface area contributed by atoms with E-state index < -0.39 is 5.97 Å². The van der Waals surface area contributed by atoms with Crippen molar-refractivity contribution in [1.82, 2.24) is 0 Å². The van der Waals surface area contributed by atoms with Crippen molar-refractivity contribution in [2.24, 2.45) is 0 Å². The van der Waals surface area contributed by atoms with E-state index >= 15 is 0 Å². The van der Waals surface area contributed by atoms with Crippen LogP contribution in [0.1, 0.15) is 19.8 Å². The molecule has 0 fully saturated rings. The Morgan fingerprint density at radius 3 is 2.14 bits per heavy atom. The van der Waals surface area contributed by atoms with Crippen LogP contribution in [0.4, 0.5) is 0 Å². The summed E-state index contributed by atoms with van der Waals surface area (Å²) in [6.45, 7) is 1.84. The predicted octanol–water partition coefficient (Wildman–Crippen LogP) is 0.490. The standard InChI is InChI=1S/C4H8O2.K/c1-2-3-4(5)6;/h2-3H2,1H3,(H,5,6);. The van der Waals surface area contributed by atoms with Crippen LogP contribution in [0.15, 0.2) is 0 Å². The Balaban J connectivity index is 0. The minimum atomic E-state index is -0.711. The Bertz CT molecular complexity index is 53.7. The molecule has 0 aromatic rings. The molecule has 0 aliphatic heterocycles. The van der Waals surface area contributed by atoms with E-state index in [0.717, 1.165) is 6.42 Å². The van der Waals surface area contributed by atoms with E-state index in [4.69, 9.17) is 5.11 Å². The van der Waals surface area contributed by atoms with Crippen LogP contribution in [-0.4, -0.2) is 62.5 Å². The first kappa shape index (κ1) is 11.0. The number of carboxylic acids is 1. The Hall–Kier alpha value is 1.11. The summed E-state index contributed by atoms with van der Waals surface area (Å²) in [4.78, 5) is 9.60. The van der Waals surface area contributed by atoms with Gasteiger partial charge >= 0.3 is 5.97 Å². The molecule has 0 rings (SSSR count). The van der Waals surface area contributed by atoms with Gasteiger partial charge in [0.25, 0.3) is 0 Å². The molecule has 0 bridgehead atoms. The van der Waals surface area contributed by atoms with E-state index in [0.29, 0.717) is 6.42 Å². The maximum Gasteiger partial charge on any atom is 0.303 e. The maximum atomic E-state index is 9.60. The second kappa shape index (κ2) is 7.11. The van der Waals surface area contributed by atoms with Crippen molar-refractivity contribution < 1.29 is 9.90 Å². The van der Waals surface area contributed by atoms with Crippen molar-refractivity contribution in [2.45, 2.75) is 19.8 Å². The summed E-state index contributed by atoms with van der Waals surface area (Å²) in [5, 5.41) is 7.91. The summed E-state index contributed by atoms with van der Waals surface area (Å²) >= 11 is 0. The monoisotopic (exact) mass is 127 g/mol. The number of hydrogen-bond donors (Lipinski definition) is 1. The van der Waals surface area contributed by atoms with Crippen LogP contribution in [0.25, 0.3) is 0 Å². The van der Waals surface area contributed by atoms with E-state index in [1.54, 1.807) is 0 Å². The molecule has 0 saturated carbocycles. The average molecular weight is 127 g/mol. The molecular formula is C4H8KO2. The predicted molar refractivity (Wildman–Crippen MR) is 28.3 cm³/mol. The van der Waals surface area contributed by atoms with E-state index in [-0.39, 0.29) is 51.4 Å². The van der Waals surface area contributed by atoms with Gasteiger partial charge in [0.15, 0.2) is 0 Å². The third-order valence-corrected chi connectivity index (χ3v) is 0.464. The zero-order chi connectivity index (χ0) is 4.99. The van der Waals surface area contributed by atoms with Gasteiger partial charge in [0, 0.05) is 57.8 Å². The zero-order valence-corrected chi connectivity index (χ0v) is 7.89. The molecule has 0 spiro atoms. The number of carboxylic acid groups (broad SMARTS) is 1. The molecule has 7 heavy (non-hydrogen) atoms. The minimum Gasteiger partial charge on any atom is -0.481 e. The molecule has 2 nitrogen and oxygen atoms in total. The van der Waals surface area contributed by atoms with Gasteiger partial charge in [0.05, 0.1) is 0 Å². The molecule has 1 radical (unpaired) electrons. The van der Waals surface area contributed by atoms with Gasteiger partial charge < -0.3 is 5.11 Å². The minimum absolute atomic E-state index is 0. The fraction of sp³-hybridized carbons (Fsp3) is 0.750. The van der Waals surface area contributed by atoms with E-state index in [2.05, 4.69) is 0 Å². The summed E-state index contributed by atoms with van der Waals surface area (Å²) in [7, 11) is 0. The molecule has 1 N–H and O–H groups in total. The summed E-state index contributed by atoms with van der Waals surface area (Å²) in [5.41, 5.74) is 0. The third-order valence-electron chi connectivity index (χ3n) is 0.464. The van der Waals surface area contributed by atoms with Gasteiger partial charge in [-0.15, -0.1) is 0 Å². The van der Waals surface area contributed by atoms with Crippen LogP contribution in [-0.2, 0) is 4.79 Å². The van der Waals surface area contributed by atoms with E-state index in [1.807, 2.05) is 6.92 Å². The molecule has 37 valence electrons. The number of aliphatic carboxylic acids is 1. The van der Waals surface area contributed by atoms with Crippen molar-refractivity contribution in [2.75, 3.05) is 0 Å². The summed E-state index contributed by atoms with van der Waals surface area (Å²) in [5.74, 6) is -0.711. The first-order valence-electron chi connectivity index (χ1n) is 1.99. The summed E-state index contributed by atoms with van der Waals surface area (Å²) < 4.78 is 0. The van der Waals surface area contributed by atoms with Crippen molar-refractivity contribution in [3.63, 3.8) is 0 Å². The molecular weight excluding hydrogens is 119 g/mol. The largest absolute Gasteiger partial charge is 0.481 e. The second-order valence-corrected chi connectivity index (χ2v) is 1.14. The average Bonchev–Trinajstić information content (AvgIpc) is 1.35. The normalized spacial score (nSPS) is 7.00. The molecule has 3 heteroatoms. The van der Waals surface area contributed by atoms with E-state index in [9.17, 15) is 4.79 Å². The molecule has 0 aromatic heterocycles. The van der Waals surface area contributed by atoms with Crippen molar-refractivity contribution in [3.05, 3.63) is 0 Å². The fourth-order valence-corrected chi connectivity index (χ4v) is 0.214. The summed E-state index contributed by atoms with van der Waals surface area (Å²) in [6.07, 6.45) is 1.02. The SMILES string of the molecule is CCCC(=O)O.[K]. The van der Waals surface area contributed by atoms with Gasteiger partial charge in [0.1, 0.15) is 0 Å². The van der Waals surface area contributed by atoms with Crippen molar-refractivity contribution >= 4 is 57.4 Å². The van der Waals surface area contributed by atoms with Gasteiger partial charge in [-0.2, -0.15) is 0 Å². The number of carbonyl (C=O) groups is 1. The second-order valence-electron chi connectivity index (χ2n) is 1.14. The van der Waals surface area contributed by atoms with Crippen LogP contribution in [0.3, 0.4) is 0 Å². The summed E-state index contributed by atoms with van der Waals surface area (Å²) in [6, 6.07) is 0. The molecule has 0 aliphatic carbocycles. The molecule has 0 atom stereocenters. The quantitative estimate of drug-likeness (QED) is 0.548. The fourth-order valence-electron chi connectivity index (χ4n) is 0.214. The van der Waals surface area contributed by atoms with E-state index in [1.165, 1.54) is 0 Å². The van der Waals surface area contributed by atoms with Gasteiger partial charge in [-0.25, -0.2) is 0 Å². The van der Waals surface area contributed by atoms with Crippen LogP contribution in [0.5, 0.6) is 0 Å². The van der Waals surface area contributed by atoms with Crippen molar-refractivity contribution in [1.29, 1.82) is 0 Å². The van der Waals surface area contributed by atoms with Gasteiger partial charge in [0.2, 0.25) is 0 Å². The zero-order valence-electron chi connectivity index (χ0n) is 4.77. The van der Waals surface area contributed by atoms with Crippen LogP contribution in [0, 0.1) is 0 Å². The molecule has 0 unspecified atom stereocenters. The molecule has 0 aliphatic rings. The first-order chi connectivity index (χ1) is 2.77. The van der Waals surface area contributed by atoms with Crippen LogP contribution >= 0.6 is 0 Å². The van der Waals surface area contributed by atoms with Crippen LogP contribution < -0.4 is 0 Å². The third kappa shape index (κ3) is 11.0. The number of rotatable bonds is 2. The Labute approximate surface area is 85.7 Å². The molecule has 0 amide bonds. The Morgan fingerprint density at radius 2 is 2.14 bits per heavy atom. The van der Waals surface area contributed by atoms with Crippen LogP contribution in [0.2, 0.25) is 0 Å². The molecule has 0 heterocycles. The topological polar surface area (TPSA) is 37.3 Å². The number of hydrogen-bond acceptors (Lipinski definition) is 1.